The molecule has 0 radical (unpaired) electrons. The highest BCUT2D eigenvalue weighted by Gasteiger charge is 2.32. The number of aromatic nitrogens is 2. The summed E-state index contributed by atoms with van der Waals surface area (Å²) in [5, 5.41) is 13.0. The Labute approximate surface area is 396 Å². The van der Waals surface area contributed by atoms with E-state index in [4.69, 9.17) is 16.3 Å². The molecule has 0 amide bonds. The van der Waals surface area contributed by atoms with Crippen LogP contribution in [0.4, 0.5) is 28.4 Å². The number of fused-ring (bicyclic) bond motifs is 4. The zero-order chi connectivity index (χ0) is 47.8. The van der Waals surface area contributed by atoms with Gasteiger partial charge in [-0.3, -0.25) is 4.57 Å². The third-order valence-electron chi connectivity index (χ3n) is 13.1. The smallest absolute Gasteiger partial charge is 0.188 e. The minimum atomic E-state index is -0.380. The maximum Gasteiger partial charge on any atom is 0.188 e. The molecule has 0 saturated heterocycles. The number of hydrogen-bond acceptors (Lipinski definition) is 5. The van der Waals surface area contributed by atoms with E-state index in [1.807, 2.05) is 24.4 Å². The first-order valence-corrected chi connectivity index (χ1v) is 23.2. The van der Waals surface area contributed by atoms with Crippen LogP contribution < -0.4 is 14.5 Å². The van der Waals surface area contributed by atoms with Crippen molar-refractivity contribution in [3.8, 4) is 34.5 Å². The molecule has 1 aliphatic heterocycles. The zero-order valence-corrected chi connectivity index (χ0v) is 41.0. The van der Waals surface area contributed by atoms with Crippen molar-refractivity contribution in [1.82, 2.24) is 9.55 Å². The van der Waals surface area contributed by atoms with Gasteiger partial charge in [0.2, 0.25) is 0 Å². The lowest BCUT2D eigenvalue weighted by molar-refractivity contribution is 0.483. The van der Waals surface area contributed by atoms with E-state index in [2.05, 4.69) is 211 Å². The minimum Gasteiger partial charge on any atom is -0.457 e. The standard InChI is InChI=1S/C60H60N6O/c1-57(2,3)40-24-25-63-55(32-40)66-51-19-15-14-18-48(51)49-23-22-46(35-54(49)66)67-47-28-38(56-39(36-61)26-43(62-13)33-50(56)60(10,11)12)27-44(34-47)64-37-65(53-21-17-16-20-52(53)64)45-30-41(58(4,5)6)29-42(31-45)59(7,8)9/h14-35H,37H2,1-12H3. The minimum absolute atomic E-state index is 0.0497. The first kappa shape index (κ1) is 44.8. The third-order valence-corrected chi connectivity index (χ3v) is 13.1. The molecule has 0 unspecified atom stereocenters. The summed E-state index contributed by atoms with van der Waals surface area (Å²) in [5.74, 6) is 2.14. The highest BCUT2D eigenvalue weighted by Crippen LogP contribution is 2.49. The van der Waals surface area contributed by atoms with Crippen molar-refractivity contribution in [2.45, 2.75) is 105 Å². The van der Waals surface area contributed by atoms with Gasteiger partial charge in [-0.25, -0.2) is 9.83 Å². The highest BCUT2D eigenvalue weighted by molar-refractivity contribution is 6.09. The summed E-state index contributed by atoms with van der Waals surface area (Å²) in [7, 11) is 0. The monoisotopic (exact) mass is 880 g/mol. The van der Waals surface area contributed by atoms with E-state index < -0.39 is 0 Å². The lowest BCUT2D eigenvalue weighted by Gasteiger charge is -2.29. The molecule has 67 heavy (non-hydrogen) atoms. The Morgan fingerprint density at radius 2 is 1.19 bits per heavy atom. The third kappa shape index (κ3) is 8.40. The van der Waals surface area contributed by atoms with Gasteiger partial charge in [0, 0.05) is 51.6 Å². The molecule has 336 valence electrons. The van der Waals surface area contributed by atoms with Gasteiger partial charge in [0.25, 0.3) is 0 Å². The molecule has 0 aliphatic carbocycles. The number of hydrogen-bond donors (Lipinski definition) is 0. The van der Waals surface area contributed by atoms with E-state index in [-0.39, 0.29) is 21.7 Å². The predicted molar refractivity (Wildman–Crippen MR) is 278 cm³/mol. The summed E-state index contributed by atoms with van der Waals surface area (Å²) in [5.41, 5.74) is 13.0. The molecule has 0 fully saturated rings. The molecule has 2 aromatic heterocycles. The zero-order valence-electron chi connectivity index (χ0n) is 41.0. The molecule has 8 aromatic rings. The van der Waals surface area contributed by atoms with Gasteiger partial charge < -0.3 is 14.5 Å². The number of nitriles is 1. The fourth-order valence-electron chi connectivity index (χ4n) is 9.32. The molecule has 0 N–H and O–H groups in total. The lowest BCUT2D eigenvalue weighted by Crippen LogP contribution is -2.25. The Morgan fingerprint density at radius 1 is 0.582 bits per heavy atom. The highest BCUT2D eigenvalue weighted by atomic mass is 16.5. The Kier molecular flexibility index (Phi) is 10.8. The topological polar surface area (TPSA) is 61.7 Å². The molecular formula is C60H60N6O. The number of ether oxygens (including phenoxy) is 1. The van der Waals surface area contributed by atoms with Crippen molar-refractivity contribution in [2.24, 2.45) is 0 Å². The van der Waals surface area contributed by atoms with Gasteiger partial charge in [-0.2, -0.15) is 5.26 Å². The van der Waals surface area contributed by atoms with Crippen LogP contribution in [0, 0.1) is 17.9 Å². The molecule has 3 heterocycles. The summed E-state index contributed by atoms with van der Waals surface area (Å²) in [6.45, 7) is 35.2. The molecule has 0 spiro atoms. The Balaban J connectivity index is 1.24. The van der Waals surface area contributed by atoms with Gasteiger partial charge in [0.05, 0.1) is 35.0 Å². The van der Waals surface area contributed by atoms with Gasteiger partial charge in [-0.05, 0) is 122 Å². The Morgan fingerprint density at radius 3 is 1.81 bits per heavy atom. The van der Waals surface area contributed by atoms with Crippen molar-refractivity contribution in [1.29, 1.82) is 5.26 Å². The van der Waals surface area contributed by atoms with Crippen LogP contribution in [0.25, 0.3) is 43.6 Å². The van der Waals surface area contributed by atoms with Gasteiger partial charge in [-0.15, -0.1) is 0 Å². The second-order valence-corrected chi connectivity index (χ2v) is 22.1. The van der Waals surface area contributed by atoms with Crippen molar-refractivity contribution in [2.75, 3.05) is 16.5 Å². The molecule has 9 rings (SSSR count). The number of nitrogens with zero attached hydrogens (tertiary/aromatic N) is 6. The van der Waals surface area contributed by atoms with Gasteiger partial charge in [-0.1, -0.05) is 126 Å². The number of benzene rings is 6. The van der Waals surface area contributed by atoms with Crippen molar-refractivity contribution in [3.05, 3.63) is 173 Å². The summed E-state index contributed by atoms with van der Waals surface area (Å²) in [6.07, 6.45) is 1.90. The first-order valence-electron chi connectivity index (χ1n) is 23.2. The first-order chi connectivity index (χ1) is 31.6. The fraction of sp³-hybridized carbons (Fsp3) is 0.283. The molecule has 7 heteroatoms. The van der Waals surface area contributed by atoms with E-state index in [0.717, 1.165) is 67.1 Å². The molecular weight excluding hydrogens is 821 g/mol. The van der Waals surface area contributed by atoms with E-state index in [1.54, 1.807) is 6.07 Å². The summed E-state index contributed by atoms with van der Waals surface area (Å²) < 4.78 is 9.29. The summed E-state index contributed by atoms with van der Waals surface area (Å²) >= 11 is 0. The maximum absolute atomic E-state index is 10.8. The van der Waals surface area contributed by atoms with Crippen LogP contribution in [0.5, 0.6) is 11.5 Å². The van der Waals surface area contributed by atoms with E-state index in [9.17, 15) is 5.26 Å². The van der Waals surface area contributed by atoms with Crippen molar-refractivity contribution < 1.29 is 4.74 Å². The van der Waals surface area contributed by atoms with E-state index in [0.29, 0.717) is 29.4 Å². The SMILES string of the molecule is [C-]#[N+]c1cc(C#N)c(-c2cc(Oc3ccc4c5ccccc5n(-c5cc(C(C)(C)C)ccn5)c4c3)cc(N3CN(c4cc(C(C)(C)C)cc(C(C)(C)C)c4)c4ccccc43)c2)c(C(C)(C)C)c1. The summed E-state index contributed by atoms with van der Waals surface area (Å²) in [6, 6.07) is 47.1. The molecule has 0 atom stereocenters. The van der Waals surface area contributed by atoms with Crippen molar-refractivity contribution >= 4 is 50.2 Å². The Hall–Kier alpha value is -7.35. The van der Waals surface area contributed by atoms with Gasteiger partial charge in [0.15, 0.2) is 5.69 Å². The van der Waals surface area contributed by atoms with Gasteiger partial charge in [0.1, 0.15) is 24.0 Å². The number of pyridine rings is 1. The Bertz CT molecular complexity index is 3300. The average Bonchev–Trinajstić information content (AvgIpc) is 3.83. The van der Waals surface area contributed by atoms with Crippen LogP contribution in [-0.2, 0) is 21.7 Å². The average molecular weight is 881 g/mol. The normalized spacial score (nSPS) is 13.2. The molecule has 6 aromatic carbocycles. The second-order valence-electron chi connectivity index (χ2n) is 22.1. The van der Waals surface area contributed by atoms with Crippen LogP contribution in [0.15, 0.2) is 134 Å². The van der Waals surface area contributed by atoms with Crippen LogP contribution in [0.2, 0.25) is 0 Å². The lowest BCUT2D eigenvalue weighted by atomic mass is 9.79. The summed E-state index contributed by atoms with van der Waals surface area (Å²) in [4.78, 5) is 13.5. The van der Waals surface area contributed by atoms with Crippen LogP contribution in [0.3, 0.4) is 0 Å². The predicted octanol–water partition coefficient (Wildman–Crippen LogP) is 16.5. The van der Waals surface area contributed by atoms with Crippen molar-refractivity contribution in [3.63, 3.8) is 0 Å². The number of para-hydroxylation sites is 3. The quantitative estimate of drug-likeness (QED) is 0.156. The molecule has 0 saturated carbocycles. The fourth-order valence-corrected chi connectivity index (χ4v) is 9.32. The molecule has 1 aliphatic rings. The number of rotatable bonds is 6. The maximum atomic E-state index is 10.8. The molecule has 0 bridgehead atoms. The van der Waals surface area contributed by atoms with Gasteiger partial charge >= 0.3 is 0 Å². The largest absolute Gasteiger partial charge is 0.457 e. The van der Waals surface area contributed by atoms with Crippen LogP contribution in [0.1, 0.15) is 111 Å². The second kappa shape index (κ2) is 16.2. The van der Waals surface area contributed by atoms with Crippen LogP contribution >= 0.6 is 0 Å². The van der Waals surface area contributed by atoms with E-state index in [1.165, 1.54) is 16.7 Å². The molecule has 7 nitrogen and oxygen atoms in total. The van der Waals surface area contributed by atoms with E-state index >= 15 is 0 Å². The number of anilines is 4. The van der Waals surface area contributed by atoms with Crippen LogP contribution in [-0.4, -0.2) is 16.2 Å².